The summed E-state index contributed by atoms with van der Waals surface area (Å²) in [6.07, 6.45) is 1.03. The molecule has 24 heavy (non-hydrogen) atoms. The molecule has 1 N–H and O–H groups in total. The Bertz CT molecular complexity index is 484. The predicted molar refractivity (Wildman–Crippen MR) is 100 cm³/mol. The van der Waals surface area contributed by atoms with Gasteiger partial charge in [0, 0.05) is 39.3 Å². The van der Waals surface area contributed by atoms with E-state index < -0.39 is 0 Å². The van der Waals surface area contributed by atoms with Crippen molar-refractivity contribution in [3.8, 4) is 0 Å². The molecular weight excluding hydrogens is 349 g/mol. The predicted octanol–water partition coefficient (Wildman–Crippen LogP) is 1.55. The van der Waals surface area contributed by atoms with Crippen molar-refractivity contribution in [1.29, 1.82) is 0 Å². The zero-order valence-electron chi connectivity index (χ0n) is 13.9. The largest absolute Gasteiger partial charge is 0.378 e. The molecule has 7 heteroatoms. The van der Waals surface area contributed by atoms with Crippen LogP contribution in [0.15, 0.2) is 30.3 Å². The fourth-order valence-corrected chi connectivity index (χ4v) is 3.14. The Balaban J connectivity index is 0.00000144. The monoisotopic (exact) mass is 375 g/mol. The van der Waals surface area contributed by atoms with E-state index in [0.717, 1.165) is 45.7 Å². The molecule has 0 radical (unpaired) electrons. The molecule has 1 atom stereocenters. The third kappa shape index (κ3) is 5.90. The molecular formula is C17H27Cl2N3O2. The van der Waals surface area contributed by atoms with Crippen LogP contribution in [0.5, 0.6) is 0 Å². The molecule has 5 nitrogen and oxygen atoms in total. The second kappa shape index (κ2) is 10.9. The molecule has 1 aromatic rings. The van der Waals surface area contributed by atoms with Crippen molar-refractivity contribution in [3.63, 3.8) is 0 Å². The lowest BCUT2D eigenvalue weighted by Gasteiger charge is -2.29. The Hall–Kier alpha value is -0.850. The van der Waals surface area contributed by atoms with E-state index in [4.69, 9.17) is 4.74 Å². The molecule has 1 amide bonds. The number of hydrogen-bond donors (Lipinski definition) is 1. The molecule has 2 fully saturated rings. The van der Waals surface area contributed by atoms with Crippen LogP contribution in [0.25, 0.3) is 0 Å². The standard InChI is InChI=1S/C17H25N3O2.2ClH/c21-17(16-14-22-12-7-18-16)20-9-4-8-19(10-11-20)13-15-5-2-1-3-6-15;;/h1-3,5-6,16,18H,4,7-14H2;2*1H. The van der Waals surface area contributed by atoms with Gasteiger partial charge < -0.3 is 15.0 Å². The van der Waals surface area contributed by atoms with Crippen molar-refractivity contribution < 1.29 is 9.53 Å². The number of nitrogens with zero attached hydrogens (tertiary/aromatic N) is 2. The van der Waals surface area contributed by atoms with Gasteiger partial charge in [-0.1, -0.05) is 30.3 Å². The quantitative estimate of drug-likeness (QED) is 0.870. The number of rotatable bonds is 3. The second-order valence-corrected chi connectivity index (χ2v) is 6.02. The Morgan fingerprint density at radius 3 is 2.62 bits per heavy atom. The van der Waals surface area contributed by atoms with E-state index in [9.17, 15) is 4.79 Å². The van der Waals surface area contributed by atoms with Crippen LogP contribution < -0.4 is 5.32 Å². The first-order valence-corrected chi connectivity index (χ1v) is 8.19. The van der Waals surface area contributed by atoms with Gasteiger partial charge in [-0.05, 0) is 12.0 Å². The van der Waals surface area contributed by atoms with Gasteiger partial charge >= 0.3 is 0 Å². The van der Waals surface area contributed by atoms with Crippen molar-refractivity contribution in [2.24, 2.45) is 0 Å². The summed E-state index contributed by atoms with van der Waals surface area (Å²) in [5.74, 6) is 0.196. The van der Waals surface area contributed by atoms with Crippen LogP contribution in [0, 0.1) is 0 Å². The molecule has 2 aliphatic rings. The first-order chi connectivity index (χ1) is 10.8. The third-order valence-electron chi connectivity index (χ3n) is 4.37. The van der Waals surface area contributed by atoms with Crippen molar-refractivity contribution in [2.75, 3.05) is 45.9 Å². The van der Waals surface area contributed by atoms with Crippen LogP contribution in [-0.2, 0) is 16.1 Å². The summed E-state index contributed by atoms with van der Waals surface area (Å²) in [6, 6.07) is 10.4. The van der Waals surface area contributed by atoms with Gasteiger partial charge in [0.05, 0.1) is 13.2 Å². The Kier molecular flexibility index (Phi) is 9.63. The number of carbonyl (C=O) groups is 1. The van der Waals surface area contributed by atoms with Crippen molar-refractivity contribution in [2.45, 2.75) is 19.0 Å². The van der Waals surface area contributed by atoms with Gasteiger partial charge in [-0.2, -0.15) is 0 Å². The van der Waals surface area contributed by atoms with E-state index >= 15 is 0 Å². The van der Waals surface area contributed by atoms with E-state index in [-0.39, 0.29) is 36.8 Å². The van der Waals surface area contributed by atoms with Gasteiger partial charge in [0.25, 0.3) is 0 Å². The summed E-state index contributed by atoms with van der Waals surface area (Å²) in [5.41, 5.74) is 1.34. The molecule has 2 aliphatic heterocycles. The van der Waals surface area contributed by atoms with Crippen LogP contribution in [0.3, 0.4) is 0 Å². The van der Waals surface area contributed by atoms with Gasteiger partial charge in [-0.15, -0.1) is 24.8 Å². The van der Waals surface area contributed by atoms with Crippen molar-refractivity contribution in [1.82, 2.24) is 15.1 Å². The number of carbonyl (C=O) groups excluding carboxylic acids is 1. The smallest absolute Gasteiger partial charge is 0.242 e. The zero-order valence-corrected chi connectivity index (χ0v) is 15.5. The first kappa shape index (κ1) is 21.2. The average Bonchev–Trinajstić information content (AvgIpc) is 2.82. The highest BCUT2D eigenvalue weighted by molar-refractivity contribution is 5.85. The van der Waals surface area contributed by atoms with E-state index in [1.807, 2.05) is 11.0 Å². The lowest BCUT2D eigenvalue weighted by molar-refractivity contribution is -0.136. The SMILES string of the molecule is Cl.Cl.O=C(C1COCCN1)N1CCCN(Cc2ccccc2)CC1. The number of benzene rings is 1. The lowest BCUT2D eigenvalue weighted by Crippen LogP contribution is -2.53. The summed E-state index contributed by atoms with van der Waals surface area (Å²) in [5, 5.41) is 3.26. The molecule has 0 aromatic heterocycles. The van der Waals surface area contributed by atoms with Crippen LogP contribution in [-0.4, -0.2) is 67.7 Å². The highest BCUT2D eigenvalue weighted by Gasteiger charge is 2.27. The fraction of sp³-hybridized carbons (Fsp3) is 0.588. The number of morpholine rings is 1. The number of halogens is 2. The molecule has 136 valence electrons. The maximum absolute atomic E-state index is 12.5. The van der Waals surface area contributed by atoms with Crippen LogP contribution in [0.2, 0.25) is 0 Å². The second-order valence-electron chi connectivity index (χ2n) is 6.02. The number of nitrogens with one attached hydrogen (secondary N) is 1. The minimum atomic E-state index is -0.158. The third-order valence-corrected chi connectivity index (χ3v) is 4.37. The van der Waals surface area contributed by atoms with Gasteiger partial charge in [0.1, 0.15) is 6.04 Å². The molecule has 3 rings (SSSR count). The maximum atomic E-state index is 12.5. The molecule has 0 bridgehead atoms. The van der Waals surface area contributed by atoms with Gasteiger partial charge in [-0.3, -0.25) is 9.69 Å². The Labute approximate surface area is 156 Å². The number of amides is 1. The molecule has 0 spiro atoms. The molecule has 1 unspecified atom stereocenters. The Morgan fingerprint density at radius 1 is 1.12 bits per heavy atom. The molecule has 1 aromatic carbocycles. The van der Waals surface area contributed by atoms with E-state index in [0.29, 0.717) is 13.2 Å². The summed E-state index contributed by atoms with van der Waals surface area (Å²) >= 11 is 0. The minimum Gasteiger partial charge on any atom is -0.378 e. The van der Waals surface area contributed by atoms with E-state index in [1.54, 1.807) is 0 Å². The Morgan fingerprint density at radius 2 is 1.92 bits per heavy atom. The van der Waals surface area contributed by atoms with Crippen molar-refractivity contribution in [3.05, 3.63) is 35.9 Å². The zero-order chi connectivity index (χ0) is 15.2. The number of hydrogen-bond acceptors (Lipinski definition) is 4. The average molecular weight is 376 g/mol. The highest BCUT2D eigenvalue weighted by atomic mass is 35.5. The molecule has 0 aliphatic carbocycles. The summed E-state index contributed by atoms with van der Waals surface area (Å²) in [4.78, 5) is 17.0. The topological polar surface area (TPSA) is 44.8 Å². The fourth-order valence-electron chi connectivity index (χ4n) is 3.14. The van der Waals surface area contributed by atoms with Gasteiger partial charge in [0.2, 0.25) is 5.91 Å². The van der Waals surface area contributed by atoms with E-state index in [1.165, 1.54) is 5.56 Å². The van der Waals surface area contributed by atoms with Crippen molar-refractivity contribution >= 4 is 30.7 Å². The minimum absolute atomic E-state index is 0. The van der Waals surface area contributed by atoms with E-state index in [2.05, 4.69) is 34.5 Å². The molecule has 0 saturated carbocycles. The normalized spacial score (nSPS) is 22.0. The van der Waals surface area contributed by atoms with Gasteiger partial charge in [0.15, 0.2) is 0 Å². The highest BCUT2D eigenvalue weighted by Crippen LogP contribution is 2.10. The van der Waals surface area contributed by atoms with Crippen LogP contribution in [0.4, 0.5) is 0 Å². The maximum Gasteiger partial charge on any atom is 0.242 e. The van der Waals surface area contributed by atoms with Crippen LogP contribution in [0.1, 0.15) is 12.0 Å². The lowest BCUT2D eigenvalue weighted by atomic mass is 10.2. The molecule has 2 heterocycles. The summed E-state index contributed by atoms with van der Waals surface area (Å²) < 4.78 is 5.41. The van der Waals surface area contributed by atoms with Gasteiger partial charge in [-0.25, -0.2) is 0 Å². The summed E-state index contributed by atoms with van der Waals surface area (Å²) in [7, 11) is 0. The first-order valence-electron chi connectivity index (χ1n) is 8.19. The summed E-state index contributed by atoms with van der Waals surface area (Å²) in [6.45, 7) is 6.59. The molecule has 2 saturated heterocycles. The van der Waals surface area contributed by atoms with Crippen LogP contribution >= 0.6 is 24.8 Å². The number of ether oxygens (including phenoxy) is 1.